The molecule has 8 heteroatoms. The molecule has 0 spiro atoms. The van der Waals surface area contributed by atoms with Crippen LogP contribution in [-0.2, 0) is 11.8 Å². The molecule has 0 aliphatic rings. The maximum atomic E-state index is 12.8. The standard InChI is InChI=1S/C21H24N2O3.C5H11NO2/c1-13(2)6-5-9-26-19-11-18-17(10-15(19)12-24)16-7-8-22-14(3)20(16)21(25)23(18)4;1-5(2,3)8-4(6)7/h7-8,10-13H,5-6,9H2,1-4H3;1-3H3,(H2,6,7). The zero-order valence-electron chi connectivity index (χ0n) is 21.1. The van der Waals surface area contributed by atoms with Gasteiger partial charge in [-0.25, -0.2) is 4.79 Å². The molecule has 0 atom stereocenters. The van der Waals surface area contributed by atoms with Crippen LogP contribution >= 0.6 is 0 Å². The van der Waals surface area contributed by atoms with Crippen molar-refractivity contribution in [3.05, 3.63) is 46.0 Å². The first-order valence-corrected chi connectivity index (χ1v) is 11.3. The Bertz CT molecular complexity index is 1240. The van der Waals surface area contributed by atoms with E-state index in [1.165, 1.54) is 0 Å². The first kappa shape index (κ1) is 26.8. The summed E-state index contributed by atoms with van der Waals surface area (Å²) in [6, 6.07) is 5.43. The lowest BCUT2D eigenvalue weighted by molar-refractivity contribution is 0.0600. The van der Waals surface area contributed by atoms with Gasteiger partial charge in [0.15, 0.2) is 6.29 Å². The molecule has 0 unspecified atom stereocenters. The van der Waals surface area contributed by atoms with Crippen LogP contribution in [0.5, 0.6) is 5.75 Å². The van der Waals surface area contributed by atoms with Crippen molar-refractivity contribution in [3.8, 4) is 5.75 Å². The highest BCUT2D eigenvalue weighted by Crippen LogP contribution is 2.29. The minimum atomic E-state index is -0.725. The summed E-state index contributed by atoms with van der Waals surface area (Å²) in [5.74, 6) is 1.14. The highest BCUT2D eigenvalue weighted by Gasteiger charge is 2.15. The van der Waals surface area contributed by atoms with Crippen LogP contribution in [0.3, 0.4) is 0 Å². The van der Waals surface area contributed by atoms with Crippen molar-refractivity contribution in [1.82, 2.24) is 9.55 Å². The summed E-state index contributed by atoms with van der Waals surface area (Å²) >= 11 is 0. The zero-order chi connectivity index (χ0) is 25.6. The first-order valence-electron chi connectivity index (χ1n) is 11.3. The topological polar surface area (TPSA) is 114 Å². The SMILES string of the molecule is CC(C)(C)OC(N)=O.Cc1nccc2c1c(=O)n(C)c1cc(OCCCC(C)C)c(C=O)cc21. The average molecular weight is 470 g/mol. The number of aromatic nitrogens is 2. The Morgan fingerprint density at radius 2 is 1.91 bits per heavy atom. The molecule has 0 fully saturated rings. The van der Waals surface area contributed by atoms with Crippen LogP contribution in [0.15, 0.2) is 29.2 Å². The Morgan fingerprint density at radius 1 is 1.24 bits per heavy atom. The van der Waals surface area contributed by atoms with Crippen LogP contribution in [0, 0.1) is 12.8 Å². The summed E-state index contributed by atoms with van der Waals surface area (Å²) in [6.45, 7) is 12.0. The second-order valence-electron chi connectivity index (χ2n) is 9.63. The molecule has 0 aliphatic carbocycles. The number of primary amides is 1. The van der Waals surface area contributed by atoms with Crippen LogP contribution in [0.4, 0.5) is 4.79 Å². The van der Waals surface area contributed by atoms with Gasteiger partial charge in [-0.3, -0.25) is 14.6 Å². The molecule has 2 N–H and O–H groups in total. The van der Waals surface area contributed by atoms with Gasteiger partial charge in [0.2, 0.25) is 0 Å². The van der Waals surface area contributed by atoms with Crippen molar-refractivity contribution in [1.29, 1.82) is 0 Å². The molecule has 1 aromatic carbocycles. The van der Waals surface area contributed by atoms with Crippen LogP contribution in [-0.4, -0.2) is 34.1 Å². The molecular formula is C26H35N3O5. The van der Waals surface area contributed by atoms with Gasteiger partial charge in [-0.2, -0.15) is 0 Å². The average Bonchev–Trinajstić information content (AvgIpc) is 2.73. The number of hydrogen-bond acceptors (Lipinski definition) is 6. The van der Waals surface area contributed by atoms with Gasteiger partial charge < -0.3 is 19.8 Å². The number of benzene rings is 1. The van der Waals surface area contributed by atoms with Gasteiger partial charge in [0.1, 0.15) is 11.4 Å². The first-order chi connectivity index (χ1) is 15.9. The Kier molecular flexibility index (Phi) is 8.79. The monoisotopic (exact) mass is 469 g/mol. The van der Waals surface area contributed by atoms with E-state index in [-0.39, 0.29) is 5.56 Å². The van der Waals surface area contributed by atoms with Crippen molar-refractivity contribution in [2.75, 3.05) is 6.61 Å². The second-order valence-corrected chi connectivity index (χ2v) is 9.63. The normalized spacial score (nSPS) is 11.3. The van der Waals surface area contributed by atoms with Gasteiger partial charge in [0.25, 0.3) is 5.56 Å². The number of hydrogen-bond donors (Lipinski definition) is 1. The fourth-order valence-electron chi connectivity index (χ4n) is 3.61. The lowest BCUT2D eigenvalue weighted by Crippen LogP contribution is -2.27. The molecule has 8 nitrogen and oxygen atoms in total. The van der Waals surface area contributed by atoms with Gasteiger partial charge in [-0.1, -0.05) is 13.8 Å². The van der Waals surface area contributed by atoms with Crippen LogP contribution in [0.1, 0.15) is 63.5 Å². The molecule has 184 valence electrons. The number of carbonyl (C=O) groups excluding carboxylic acids is 2. The molecule has 2 heterocycles. The zero-order valence-corrected chi connectivity index (χ0v) is 21.1. The summed E-state index contributed by atoms with van der Waals surface area (Å²) in [7, 11) is 1.74. The molecule has 1 amide bonds. The number of amides is 1. The molecule has 34 heavy (non-hydrogen) atoms. The third kappa shape index (κ3) is 6.79. The van der Waals surface area contributed by atoms with E-state index in [1.807, 2.05) is 13.0 Å². The number of aldehydes is 1. The Hall–Kier alpha value is -3.42. The summed E-state index contributed by atoms with van der Waals surface area (Å²) in [5, 5.41) is 2.25. The second kappa shape index (κ2) is 11.1. The summed E-state index contributed by atoms with van der Waals surface area (Å²) in [5.41, 5.74) is 6.10. The fourth-order valence-corrected chi connectivity index (χ4v) is 3.61. The third-order valence-electron chi connectivity index (χ3n) is 5.16. The molecule has 0 radical (unpaired) electrons. The van der Waals surface area contributed by atoms with E-state index in [4.69, 9.17) is 10.5 Å². The number of pyridine rings is 2. The highest BCUT2D eigenvalue weighted by atomic mass is 16.6. The number of carbonyl (C=O) groups is 2. The molecule has 0 saturated heterocycles. The van der Waals surface area contributed by atoms with Crippen molar-refractivity contribution in [2.45, 2.75) is 60.0 Å². The number of aryl methyl sites for hydroxylation is 2. The van der Waals surface area contributed by atoms with E-state index in [0.29, 0.717) is 34.9 Å². The predicted molar refractivity (Wildman–Crippen MR) is 135 cm³/mol. The summed E-state index contributed by atoms with van der Waals surface area (Å²) in [6.07, 6.45) is 3.77. The van der Waals surface area contributed by atoms with Crippen molar-refractivity contribution in [3.63, 3.8) is 0 Å². The summed E-state index contributed by atoms with van der Waals surface area (Å²) < 4.78 is 12.0. The van der Waals surface area contributed by atoms with E-state index in [9.17, 15) is 14.4 Å². The molecule has 0 bridgehead atoms. The van der Waals surface area contributed by atoms with Crippen molar-refractivity contribution >= 4 is 34.1 Å². The van der Waals surface area contributed by atoms with Crippen LogP contribution in [0.25, 0.3) is 21.7 Å². The Morgan fingerprint density at radius 3 is 2.44 bits per heavy atom. The third-order valence-corrected chi connectivity index (χ3v) is 5.16. The molecule has 0 saturated carbocycles. The summed E-state index contributed by atoms with van der Waals surface area (Å²) in [4.78, 5) is 38.6. The lowest BCUT2D eigenvalue weighted by Gasteiger charge is -2.16. The number of fused-ring (bicyclic) bond motifs is 3. The van der Waals surface area contributed by atoms with Gasteiger partial charge >= 0.3 is 6.09 Å². The van der Waals surface area contributed by atoms with E-state index < -0.39 is 11.7 Å². The quantitative estimate of drug-likeness (QED) is 0.312. The number of ether oxygens (including phenoxy) is 2. The van der Waals surface area contributed by atoms with Gasteiger partial charge in [0.05, 0.1) is 28.8 Å². The fraction of sp³-hybridized carbons (Fsp3) is 0.462. The lowest BCUT2D eigenvalue weighted by atomic mass is 10.0. The maximum absolute atomic E-state index is 12.8. The molecule has 3 aromatic rings. The number of nitrogens with two attached hydrogens (primary N) is 1. The minimum absolute atomic E-state index is 0.0947. The Labute approximate surface area is 200 Å². The molecule has 3 rings (SSSR count). The van der Waals surface area contributed by atoms with Gasteiger partial charge in [-0.15, -0.1) is 0 Å². The molecule has 2 aromatic heterocycles. The van der Waals surface area contributed by atoms with Crippen molar-refractivity contribution in [2.24, 2.45) is 18.7 Å². The van der Waals surface area contributed by atoms with Gasteiger partial charge in [-0.05, 0) is 64.0 Å². The number of rotatable bonds is 6. The van der Waals surface area contributed by atoms with E-state index >= 15 is 0 Å². The largest absolute Gasteiger partial charge is 0.493 e. The molecule has 0 aliphatic heterocycles. The maximum Gasteiger partial charge on any atom is 0.405 e. The van der Waals surface area contributed by atoms with Crippen LogP contribution in [0.2, 0.25) is 0 Å². The van der Waals surface area contributed by atoms with Gasteiger partial charge in [0, 0.05) is 24.7 Å². The van der Waals surface area contributed by atoms with E-state index in [1.54, 1.807) is 50.7 Å². The van der Waals surface area contributed by atoms with Crippen molar-refractivity contribution < 1.29 is 19.1 Å². The van der Waals surface area contributed by atoms with Crippen LogP contribution < -0.4 is 16.0 Å². The van der Waals surface area contributed by atoms with E-state index in [2.05, 4.69) is 23.6 Å². The Balaban J connectivity index is 0.000000440. The number of nitrogens with zero attached hydrogens (tertiary/aromatic N) is 2. The van der Waals surface area contributed by atoms with E-state index in [0.717, 1.165) is 35.4 Å². The predicted octanol–water partition coefficient (Wildman–Crippen LogP) is 4.90. The smallest absolute Gasteiger partial charge is 0.405 e. The minimum Gasteiger partial charge on any atom is -0.493 e. The molecular weight excluding hydrogens is 434 g/mol. The highest BCUT2D eigenvalue weighted by molar-refractivity contribution is 6.08.